The Morgan fingerprint density at radius 1 is 1.13 bits per heavy atom. The van der Waals surface area contributed by atoms with Gasteiger partial charge in [0.05, 0.1) is 0 Å². The minimum Gasteiger partial charge on any atom is -0.348 e. The van der Waals surface area contributed by atoms with Crippen molar-refractivity contribution >= 4 is 5.91 Å². The van der Waals surface area contributed by atoms with E-state index >= 15 is 0 Å². The second-order valence-electron chi connectivity index (χ2n) is 5.06. The van der Waals surface area contributed by atoms with Gasteiger partial charge in [0.1, 0.15) is 0 Å². The molecule has 2 aromatic heterocycles. The third kappa shape index (κ3) is 3.61. The number of benzene rings is 1. The number of carbonyl (C=O) groups excluding carboxylic acids is 1. The predicted octanol–water partition coefficient (Wildman–Crippen LogP) is 1.66. The summed E-state index contributed by atoms with van der Waals surface area (Å²) < 4.78 is 1.68. The first kappa shape index (κ1) is 14.9. The summed E-state index contributed by atoms with van der Waals surface area (Å²) in [7, 11) is 0. The van der Waals surface area contributed by atoms with E-state index < -0.39 is 0 Å². The van der Waals surface area contributed by atoms with Gasteiger partial charge in [-0.2, -0.15) is 5.10 Å². The Balaban J connectivity index is 1.65. The number of hydrogen-bond acceptors (Lipinski definition) is 4. The Morgan fingerprint density at radius 3 is 2.65 bits per heavy atom. The van der Waals surface area contributed by atoms with Crippen molar-refractivity contribution in [2.45, 2.75) is 13.1 Å². The second-order valence-corrected chi connectivity index (χ2v) is 5.06. The number of nitrogens with one attached hydrogen (secondary N) is 1. The van der Waals surface area contributed by atoms with Gasteiger partial charge < -0.3 is 11.1 Å². The minimum atomic E-state index is -0.119. The van der Waals surface area contributed by atoms with Crippen molar-refractivity contribution in [2.24, 2.45) is 5.73 Å². The molecular weight excluding hydrogens is 290 g/mol. The highest BCUT2D eigenvalue weighted by Gasteiger charge is 2.06. The van der Waals surface area contributed by atoms with Gasteiger partial charge in [-0.25, -0.2) is 9.67 Å². The van der Waals surface area contributed by atoms with Gasteiger partial charge in [0.15, 0.2) is 5.82 Å². The summed E-state index contributed by atoms with van der Waals surface area (Å²) in [5.41, 5.74) is 8.12. The molecule has 0 saturated carbocycles. The monoisotopic (exact) mass is 307 g/mol. The molecule has 2 heterocycles. The third-order valence-electron chi connectivity index (χ3n) is 3.45. The van der Waals surface area contributed by atoms with E-state index in [1.54, 1.807) is 29.2 Å². The van der Waals surface area contributed by atoms with E-state index in [0.29, 0.717) is 24.5 Å². The van der Waals surface area contributed by atoms with Crippen molar-refractivity contribution in [1.29, 1.82) is 0 Å². The van der Waals surface area contributed by atoms with Crippen LogP contribution in [0.3, 0.4) is 0 Å². The molecule has 0 saturated heterocycles. The van der Waals surface area contributed by atoms with Gasteiger partial charge in [-0.05, 0) is 41.5 Å². The van der Waals surface area contributed by atoms with Gasteiger partial charge in [-0.1, -0.05) is 12.1 Å². The average molecular weight is 307 g/mol. The van der Waals surface area contributed by atoms with Crippen LogP contribution >= 0.6 is 0 Å². The van der Waals surface area contributed by atoms with E-state index in [1.165, 1.54) is 0 Å². The lowest BCUT2D eigenvalue weighted by Gasteiger charge is -2.07. The smallest absolute Gasteiger partial charge is 0.251 e. The van der Waals surface area contributed by atoms with Crippen molar-refractivity contribution in [3.05, 3.63) is 77.7 Å². The molecular formula is C17H17N5O. The van der Waals surface area contributed by atoms with Gasteiger partial charge in [0, 0.05) is 37.2 Å². The Bertz CT molecular complexity index is 781. The Kier molecular flexibility index (Phi) is 4.44. The molecule has 3 aromatic rings. The number of aromatic nitrogens is 3. The number of nitrogens with zero attached hydrogens (tertiary/aromatic N) is 3. The van der Waals surface area contributed by atoms with Gasteiger partial charge in [0.2, 0.25) is 0 Å². The maximum absolute atomic E-state index is 12.2. The summed E-state index contributed by atoms with van der Waals surface area (Å²) in [6, 6.07) is 12.9. The zero-order chi connectivity index (χ0) is 16.1. The number of amides is 1. The van der Waals surface area contributed by atoms with Crippen LogP contribution in [0.5, 0.6) is 0 Å². The number of carbonyl (C=O) groups is 1. The SMILES string of the molecule is NCc1ccc(C(=O)NCc2ccnc(-n3cccn3)c2)cc1. The molecule has 0 radical (unpaired) electrons. The summed E-state index contributed by atoms with van der Waals surface area (Å²) in [5, 5.41) is 7.04. The first-order valence-corrected chi connectivity index (χ1v) is 7.28. The fraction of sp³-hybridized carbons (Fsp3) is 0.118. The van der Waals surface area contributed by atoms with E-state index in [2.05, 4.69) is 15.4 Å². The second kappa shape index (κ2) is 6.85. The quantitative estimate of drug-likeness (QED) is 0.750. The van der Waals surface area contributed by atoms with Gasteiger partial charge in [-0.3, -0.25) is 4.79 Å². The van der Waals surface area contributed by atoms with E-state index in [0.717, 1.165) is 11.1 Å². The molecule has 0 aliphatic carbocycles. The first-order chi connectivity index (χ1) is 11.3. The number of nitrogens with two attached hydrogens (primary N) is 1. The maximum Gasteiger partial charge on any atom is 0.251 e. The molecule has 6 heteroatoms. The van der Waals surface area contributed by atoms with Crippen molar-refractivity contribution < 1.29 is 4.79 Å². The molecule has 0 unspecified atom stereocenters. The zero-order valence-electron chi connectivity index (χ0n) is 12.5. The van der Waals surface area contributed by atoms with Crippen LogP contribution in [0.15, 0.2) is 61.1 Å². The van der Waals surface area contributed by atoms with Gasteiger partial charge in [-0.15, -0.1) is 0 Å². The molecule has 1 aromatic carbocycles. The zero-order valence-corrected chi connectivity index (χ0v) is 12.5. The number of rotatable bonds is 5. The van der Waals surface area contributed by atoms with Crippen LogP contribution in [0.2, 0.25) is 0 Å². The molecule has 0 fully saturated rings. The highest BCUT2D eigenvalue weighted by atomic mass is 16.1. The van der Waals surface area contributed by atoms with Crippen LogP contribution in [-0.4, -0.2) is 20.7 Å². The molecule has 3 N–H and O–H groups in total. The summed E-state index contributed by atoms with van der Waals surface area (Å²) in [4.78, 5) is 16.4. The molecule has 1 amide bonds. The molecule has 23 heavy (non-hydrogen) atoms. The summed E-state index contributed by atoms with van der Waals surface area (Å²) in [6.45, 7) is 0.892. The van der Waals surface area contributed by atoms with Gasteiger partial charge in [0.25, 0.3) is 5.91 Å². The fourth-order valence-electron chi connectivity index (χ4n) is 2.18. The number of hydrogen-bond donors (Lipinski definition) is 2. The third-order valence-corrected chi connectivity index (χ3v) is 3.45. The Hall–Kier alpha value is -2.99. The minimum absolute atomic E-state index is 0.119. The lowest BCUT2D eigenvalue weighted by atomic mass is 10.1. The molecule has 0 spiro atoms. The predicted molar refractivity (Wildman–Crippen MR) is 86.9 cm³/mol. The van der Waals surface area contributed by atoms with Crippen LogP contribution < -0.4 is 11.1 Å². The van der Waals surface area contributed by atoms with Crippen LogP contribution in [-0.2, 0) is 13.1 Å². The van der Waals surface area contributed by atoms with Crippen LogP contribution in [0, 0.1) is 0 Å². The van der Waals surface area contributed by atoms with Crippen LogP contribution in [0.25, 0.3) is 5.82 Å². The van der Waals surface area contributed by atoms with E-state index in [9.17, 15) is 4.79 Å². The summed E-state index contributed by atoms with van der Waals surface area (Å²) in [5.74, 6) is 0.597. The maximum atomic E-state index is 12.2. The van der Waals surface area contributed by atoms with Gasteiger partial charge >= 0.3 is 0 Å². The van der Waals surface area contributed by atoms with Crippen molar-refractivity contribution in [1.82, 2.24) is 20.1 Å². The van der Waals surface area contributed by atoms with E-state index in [4.69, 9.17) is 5.73 Å². The molecule has 6 nitrogen and oxygen atoms in total. The highest BCUT2D eigenvalue weighted by Crippen LogP contribution is 2.07. The lowest BCUT2D eigenvalue weighted by Crippen LogP contribution is -2.23. The molecule has 0 aliphatic rings. The molecule has 3 rings (SSSR count). The summed E-state index contributed by atoms with van der Waals surface area (Å²) >= 11 is 0. The lowest BCUT2D eigenvalue weighted by molar-refractivity contribution is 0.0951. The fourth-order valence-corrected chi connectivity index (χ4v) is 2.18. The summed E-state index contributed by atoms with van der Waals surface area (Å²) in [6.07, 6.45) is 5.22. The van der Waals surface area contributed by atoms with E-state index in [-0.39, 0.29) is 5.91 Å². The first-order valence-electron chi connectivity index (χ1n) is 7.28. The topological polar surface area (TPSA) is 85.8 Å². The number of pyridine rings is 1. The molecule has 0 aliphatic heterocycles. The average Bonchev–Trinajstić information content (AvgIpc) is 3.15. The van der Waals surface area contributed by atoms with Crippen molar-refractivity contribution in [3.63, 3.8) is 0 Å². The largest absolute Gasteiger partial charge is 0.348 e. The Labute approximate surface area is 134 Å². The van der Waals surface area contributed by atoms with Crippen molar-refractivity contribution in [3.8, 4) is 5.82 Å². The molecule has 0 atom stereocenters. The molecule has 116 valence electrons. The van der Waals surface area contributed by atoms with Crippen LogP contribution in [0.1, 0.15) is 21.5 Å². The molecule has 0 bridgehead atoms. The van der Waals surface area contributed by atoms with Crippen molar-refractivity contribution in [2.75, 3.05) is 0 Å². The van der Waals surface area contributed by atoms with E-state index in [1.807, 2.05) is 36.5 Å². The Morgan fingerprint density at radius 2 is 1.96 bits per heavy atom. The highest BCUT2D eigenvalue weighted by molar-refractivity contribution is 5.94. The van der Waals surface area contributed by atoms with Crippen LogP contribution in [0.4, 0.5) is 0 Å². The normalized spacial score (nSPS) is 10.5. The standard InChI is InChI=1S/C17H17N5O/c18-11-13-2-4-15(5-3-13)17(23)20-12-14-6-8-19-16(10-14)22-9-1-7-21-22/h1-10H,11-12,18H2,(H,20,23).